The van der Waals surface area contributed by atoms with Gasteiger partial charge in [0.2, 0.25) is 0 Å². The molecule has 0 spiro atoms. The number of aromatic hydroxyl groups is 1. The van der Waals surface area contributed by atoms with Crippen molar-refractivity contribution in [3.63, 3.8) is 0 Å². The first-order valence-corrected chi connectivity index (χ1v) is 5.29. The van der Waals surface area contributed by atoms with Gasteiger partial charge in [0.15, 0.2) is 0 Å². The molecule has 0 amide bonds. The smallest absolute Gasteiger partial charge is 0.134 e. The van der Waals surface area contributed by atoms with Crippen molar-refractivity contribution in [1.29, 1.82) is 0 Å². The Hall–Kier alpha value is -0.250. The Morgan fingerprint density at radius 1 is 1.42 bits per heavy atom. The van der Waals surface area contributed by atoms with Crippen LogP contribution in [0.4, 0.5) is 0 Å². The monoisotopic (exact) mass is 262 g/mol. The molecule has 1 N–H and O–H groups in total. The molecule has 0 saturated carbocycles. The number of thiophene rings is 1. The highest BCUT2D eigenvalue weighted by Gasteiger charge is 2.06. The SMILES string of the molecule is Oc1csc2c(Cl)cc(Br)cc12. The molecule has 0 aliphatic heterocycles. The second kappa shape index (κ2) is 2.91. The second-order valence-corrected chi connectivity index (χ2v) is 4.59. The van der Waals surface area contributed by atoms with Crippen LogP contribution in [0.25, 0.3) is 10.1 Å². The van der Waals surface area contributed by atoms with Crippen LogP contribution in [-0.4, -0.2) is 5.11 Å². The largest absolute Gasteiger partial charge is 0.506 e. The topological polar surface area (TPSA) is 20.2 Å². The third kappa shape index (κ3) is 1.22. The summed E-state index contributed by atoms with van der Waals surface area (Å²) >= 11 is 10.7. The molecule has 0 unspecified atom stereocenters. The van der Waals surface area contributed by atoms with E-state index in [1.807, 2.05) is 12.1 Å². The Labute approximate surface area is 86.7 Å². The molecular formula is C8H4BrClOS. The van der Waals surface area contributed by atoms with Gasteiger partial charge in [0.1, 0.15) is 5.75 Å². The first-order valence-electron chi connectivity index (χ1n) is 3.23. The van der Waals surface area contributed by atoms with E-state index in [0.29, 0.717) is 10.8 Å². The summed E-state index contributed by atoms with van der Waals surface area (Å²) in [5, 5.41) is 12.6. The zero-order valence-corrected chi connectivity index (χ0v) is 9.00. The summed E-state index contributed by atoms with van der Waals surface area (Å²) in [5.41, 5.74) is 0. The lowest BCUT2D eigenvalue weighted by Gasteiger charge is -1.95. The molecule has 2 rings (SSSR count). The van der Waals surface area contributed by atoms with Crippen LogP contribution in [-0.2, 0) is 0 Å². The summed E-state index contributed by atoms with van der Waals surface area (Å²) in [4.78, 5) is 0. The van der Waals surface area contributed by atoms with Gasteiger partial charge in [-0.2, -0.15) is 0 Å². The first kappa shape index (κ1) is 8.35. The number of rotatable bonds is 0. The molecule has 0 radical (unpaired) electrons. The van der Waals surface area contributed by atoms with Gasteiger partial charge in [-0.3, -0.25) is 0 Å². The van der Waals surface area contributed by atoms with Gasteiger partial charge in [-0.15, -0.1) is 11.3 Å². The standard InChI is InChI=1S/C8H4BrClOS/c9-4-1-5-7(11)3-12-8(5)6(10)2-4/h1-3,11H. The Balaban J connectivity index is 2.92. The minimum atomic E-state index is 0.290. The van der Waals surface area contributed by atoms with Crippen LogP contribution in [0.1, 0.15) is 0 Å². The summed E-state index contributed by atoms with van der Waals surface area (Å²) in [6, 6.07) is 3.67. The zero-order chi connectivity index (χ0) is 8.72. The molecule has 1 aromatic heterocycles. The quantitative estimate of drug-likeness (QED) is 0.761. The van der Waals surface area contributed by atoms with Crippen LogP contribution in [0, 0.1) is 0 Å². The first-order chi connectivity index (χ1) is 5.68. The van der Waals surface area contributed by atoms with Gasteiger partial charge in [0, 0.05) is 15.2 Å². The van der Waals surface area contributed by atoms with Gasteiger partial charge in [-0.1, -0.05) is 27.5 Å². The van der Waals surface area contributed by atoms with Crippen molar-refractivity contribution in [3.8, 4) is 5.75 Å². The van der Waals surface area contributed by atoms with Crippen LogP contribution in [0.3, 0.4) is 0 Å². The van der Waals surface area contributed by atoms with E-state index in [9.17, 15) is 5.11 Å². The number of fused-ring (bicyclic) bond motifs is 1. The molecule has 1 aromatic carbocycles. The Morgan fingerprint density at radius 2 is 2.17 bits per heavy atom. The fourth-order valence-corrected chi connectivity index (χ4v) is 2.81. The summed E-state index contributed by atoms with van der Waals surface area (Å²) in [6.07, 6.45) is 0. The number of hydrogen-bond acceptors (Lipinski definition) is 2. The summed E-state index contributed by atoms with van der Waals surface area (Å²) < 4.78 is 1.81. The highest BCUT2D eigenvalue weighted by Crippen LogP contribution is 2.38. The van der Waals surface area contributed by atoms with Gasteiger partial charge >= 0.3 is 0 Å². The molecule has 1 heterocycles. The predicted molar refractivity (Wildman–Crippen MR) is 56.2 cm³/mol. The Morgan fingerprint density at radius 3 is 2.92 bits per heavy atom. The van der Waals surface area contributed by atoms with Gasteiger partial charge in [0.25, 0.3) is 0 Å². The second-order valence-electron chi connectivity index (χ2n) is 2.39. The van der Waals surface area contributed by atoms with E-state index < -0.39 is 0 Å². The van der Waals surface area contributed by atoms with Crippen molar-refractivity contribution in [3.05, 3.63) is 27.0 Å². The van der Waals surface area contributed by atoms with E-state index in [2.05, 4.69) is 15.9 Å². The average Bonchev–Trinajstić information content (AvgIpc) is 2.33. The highest BCUT2D eigenvalue weighted by atomic mass is 79.9. The minimum absolute atomic E-state index is 0.290. The van der Waals surface area contributed by atoms with E-state index >= 15 is 0 Å². The van der Waals surface area contributed by atoms with E-state index in [1.54, 1.807) is 5.38 Å². The van der Waals surface area contributed by atoms with E-state index in [-0.39, 0.29) is 0 Å². The van der Waals surface area contributed by atoms with Crippen molar-refractivity contribution in [1.82, 2.24) is 0 Å². The molecule has 0 aliphatic carbocycles. The van der Waals surface area contributed by atoms with Crippen molar-refractivity contribution >= 4 is 49.0 Å². The maximum absolute atomic E-state index is 9.39. The molecule has 4 heteroatoms. The van der Waals surface area contributed by atoms with Crippen molar-refractivity contribution in [2.24, 2.45) is 0 Å². The molecule has 0 saturated heterocycles. The van der Waals surface area contributed by atoms with Gasteiger partial charge in [-0.25, -0.2) is 0 Å². The van der Waals surface area contributed by atoms with Crippen molar-refractivity contribution in [2.45, 2.75) is 0 Å². The number of hydrogen-bond donors (Lipinski definition) is 1. The number of halogens is 2. The lowest BCUT2D eigenvalue weighted by atomic mass is 10.2. The van der Waals surface area contributed by atoms with Crippen LogP contribution in [0.15, 0.2) is 22.0 Å². The van der Waals surface area contributed by atoms with Gasteiger partial charge < -0.3 is 5.11 Å². The molecule has 12 heavy (non-hydrogen) atoms. The van der Waals surface area contributed by atoms with E-state index in [4.69, 9.17) is 11.6 Å². The molecule has 0 fully saturated rings. The van der Waals surface area contributed by atoms with Crippen LogP contribution in [0.2, 0.25) is 5.02 Å². The molecule has 62 valence electrons. The third-order valence-corrected chi connectivity index (χ3v) is 3.46. The minimum Gasteiger partial charge on any atom is -0.506 e. The molecule has 0 atom stereocenters. The van der Waals surface area contributed by atoms with Crippen molar-refractivity contribution in [2.75, 3.05) is 0 Å². The fourth-order valence-electron chi connectivity index (χ4n) is 1.05. The Kier molecular flexibility index (Phi) is 2.02. The van der Waals surface area contributed by atoms with E-state index in [0.717, 1.165) is 14.6 Å². The average molecular weight is 264 g/mol. The highest BCUT2D eigenvalue weighted by molar-refractivity contribution is 9.10. The van der Waals surface area contributed by atoms with Crippen LogP contribution in [0.5, 0.6) is 5.75 Å². The van der Waals surface area contributed by atoms with Gasteiger partial charge in [0.05, 0.1) is 9.72 Å². The molecule has 2 aromatic rings. The maximum Gasteiger partial charge on any atom is 0.134 e. The normalized spacial score (nSPS) is 10.8. The lowest BCUT2D eigenvalue weighted by Crippen LogP contribution is -1.68. The summed E-state index contributed by atoms with van der Waals surface area (Å²) in [7, 11) is 0. The molecule has 0 aliphatic rings. The third-order valence-electron chi connectivity index (χ3n) is 1.57. The van der Waals surface area contributed by atoms with Crippen molar-refractivity contribution < 1.29 is 5.11 Å². The number of benzene rings is 1. The lowest BCUT2D eigenvalue weighted by molar-refractivity contribution is 0.483. The summed E-state index contributed by atoms with van der Waals surface area (Å²) in [6.45, 7) is 0. The predicted octanol–water partition coefficient (Wildman–Crippen LogP) is 4.02. The van der Waals surface area contributed by atoms with Crippen LogP contribution < -0.4 is 0 Å². The molecule has 0 bridgehead atoms. The molecular weight excluding hydrogens is 260 g/mol. The van der Waals surface area contributed by atoms with Crippen LogP contribution >= 0.6 is 38.9 Å². The Bertz CT molecular complexity index is 438. The fraction of sp³-hybridized carbons (Fsp3) is 0. The maximum atomic E-state index is 9.39. The van der Waals surface area contributed by atoms with E-state index in [1.165, 1.54) is 11.3 Å². The molecule has 1 nitrogen and oxygen atoms in total. The summed E-state index contributed by atoms with van der Waals surface area (Å²) in [5.74, 6) is 0.290. The van der Waals surface area contributed by atoms with Gasteiger partial charge in [-0.05, 0) is 12.1 Å². The zero-order valence-electron chi connectivity index (χ0n) is 5.84.